The molecule has 2 aliphatic rings. The molecule has 28 heavy (non-hydrogen) atoms. The Bertz CT molecular complexity index is 632. The molecule has 2 rings (SSSR count). The van der Waals surface area contributed by atoms with Gasteiger partial charge >= 0.3 is 23.9 Å². The molecular weight excluding hydrogens is 368 g/mol. The van der Waals surface area contributed by atoms with Crippen LogP contribution in [-0.2, 0) is 19.2 Å². The van der Waals surface area contributed by atoms with Crippen molar-refractivity contribution in [3.63, 3.8) is 0 Å². The van der Waals surface area contributed by atoms with Crippen molar-refractivity contribution in [2.45, 2.75) is 51.4 Å². The fourth-order valence-corrected chi connectivity index (χ4v) is 4.76. The molecule has 156 valence electrons. The molecule has 0 saturated heterocycles. The van der Waals surface area contributed by atoms with Crippen LogP contribution >= 0.6 is 0 Å². The van der Waals surface area contributed by atoms with Gasteiger partial charge in [0.25, 0.3) is 0 Å². The first-order valence-corrected chi connectivity index (χ1v) is 9.83. The molecule has 0 heterocycles. The van der Waals surface area contributed by atoms with Crippen LogP contribution in [0.2, 0.25) is 0 Å². The number of rotatable bonds is 5. The second-order valence-electron chi connectivity index (χ2n) is 7.92. The Morgan fingerprint density at radius 2 is 1.18 bits per heavy atom. The number of carbonyl (C=O) groups is 4. The van der Waals surface area contributed by atoms with Crippen molar-refractivity contribution in [3.05, 3.63) is 12.2 Å². The van der Waals surface area contributed by atoms with Gasteiger partial charge in [0, 0.05) is 0 Å². The minimum Gasteiger partial charge on any atom is -0.481 e. The van der Waals surface area contributed by atoms with Gasteiger partial charge in [0.05, 0.1) is 23.7 Å². The van der Waals surface area contributed by atoms with Gasteiger partial charge in [-0.3, -0.25) is 19.2 Å². The zero-order valence-corrected chi connectivity index (χ0v) is 15.7. The van der Waals surface area contributed by atoms with Gasteiger partial charge in [-0.25, -0.2) is 0 Å². The summed E-state index contributed by atoms with van der Waals surface area (Å²) < 4.78 is 0. The summed E-state index contributed by atoms with van der Waals surface area (Å²) in [6.07, 6.45) is 8.76. The Balaban J connectivity index is 2.51. The van der Waals surface area contributed by atoms with Crippen LogP contribution in [0.1, 0.15) is 51.4 Å². The van der Waals surface area contributed by atoms with Crippen molar-refractivity contribution in [2.75, 3.05) is 0 Å². The van der Waals surface area contributed by atoms with Crippen LogP contribution in [0.15, 0.2) is 12.2 Å². The molecule has 0 bridgehead atoms. The molecule has 1 fully saturated rings. The van der Waals surface area contributed by atoms with E-state index in [4.69, 9.17) is 0 Å². The monoisotopic (exact) mass is 396 g/mol. The van der Waals surface area contributed by atoms with Gasteiger partial charge in [-0.2, -0.15) is 0 Å². The van der Waals surface area contributed by atoms with Gasteiger partial charge in [-0.05, 0) is 31.1 Å². The van der Waals surface area contributed by atoms with Crippen molar-refractivity contribution >= 4 is 23.9 Å². The molecule has 8 heteroatoms. The number of carboxylic acids is 4. The topological polar surface area (TPSA) is 149 Å². The molecule has 4 N–H and O–H groups in total. The van der Waals surface area contributed by atoms with E-state index in [-0.39, 0.29) is 5.92 Å². The van der Waals surface area contributed by atoms with E-state index in [9.17, 15) is 39.6 Å². The summed E-state index contributed by atoms with van der Waals surface area (Å²) in [5.41, 5.74) is 0. The number of hydrogen-bond donors (Lipinski definition) is 4. The molecule has 0 radical (unpaired) electrons. The molecule has 0 aliphatic heterocycles. The summed E-state index contributed by atoms with van der Waals surface area (Å²) in [5, 5.41) is 38.4. The summed E-state index contributed by atoms with van der Waals surface area (Å²) >= 11 is 0. The fraction of sp³-hybridized carbons (Fsp3) is 0.700. The maximum Gasteiger partial charge on any atom is 0.311 e. The normalized spacial score (nSPS) is 33.5. The van der Waals surface area contributed by atoms with E-state index in [1.165, 1.54) is 12.2 Å². The van der Waals surface area contributed by atoms with Crippen molar-refractivity contribution < 1.29 is 39.6 Å². The molecule has 0 aromatic carbocycles. The molecular formula is C20H28O8. The van der Waals surface area contributed by atoms with Gasteiger partial charge in [0.2, 0.25) is 0 Å². The quantitative estimate of drug-likeness (QED) is 0.518. The third-order valence-electron chi connectivity index (χ3n) is 6.23. The highest BCUT2D eigenvalue weighted by Gasteiger charge is 2.47. The number of carboxylic acid groups (broad SMARTS) is 4. The molecule has 0 spiro atoms. The largest absolute Gasteiger partial charge is 0.481 e. The lowest BCUT2D eigenvalue weighted by atomic mass is 9.66. The van der Waals surface area contributed by atoms with Gasteiger partial charge in [0.15, 0.2) is 0 Å². The zero-order chi connectivity index (χ0) is 20.8. The summed E-state index contributed by atoms with van der Waals surface area (Å²) in [7, 11) is 0. The minimum absolute atomic E-state index is 0.0599. The highest BCUT2D eigenvalue weighted by Crippen LogP contribution is 2.41. The lowest BCUT2D eigenvalue weighted by molar-refractivity contribution is -0.161. The molecule has 0 aromatic heterocycles. The van der Waals surface area contributed by atoms with E-state index in [1.54, 1.807) is 0 Å². The predicted octanol–water partition coefficient (Wildman–Crippen LogP) is 2.73. The number of aliphatic carboxylic acids is 4. The van der Waals surface area contributed by atoms with Crippen LogP contribution in [0.4, 0.5) is 0 Å². The Morgan fingerprint density at radius 3 is 1.64 bits per heavy atom. The van der Waals surface area contributed by atoms with Crippen LogP contribution in [0, 0.1) is 35.5 Å². The number of allylic oxidation sites excluding steroid dienone is 1. The second kappa shape index (κ2) is 9.71. The first-order chi connectivity index (χ1) is 13.2. The number of hydrogen-bond acceptors (Lipinski definition) is 4. The molecule has 5 atom stereocenters. The average molecular weight is 396 g/mol. The second-order valence-corrected chi connectivity index (χ2v) is 7.92. The molecule has 5 unspecified atom stereocenters. The Morgan fingerprint density at radius 1 is 0.643 bits per heavy atom. The molecule has 2 aliphatic carbocycles. The van der Waals surface area contributed by atoms with Gasteiger partial charge in [-0.15, -0.1) is 0 Å². The van der Waals surface area contributed by atoms with Gasteiger partial charge in [-0.1, -0.05) is 44.3 Å². The highest BCUT2D eigenvalue weighted by atomic mass is 16.4. The molecule has 1 saturated carbocycles. The lowest BCUT2D eigenvalue weighted by Crippen LogP contribution is -2.43. The van der Waals surface area contributed by atoms with Crippen LogP contribution in [0.3, 0.4) is 0 Å². The van der Waals surface area contributed by atoms with E-state index < -0.39 is 59.9 Å². The van der Waals surface area contributed by atoms with Gasteiger partial charge < -0.3 is 20.4 Å². The van der Waals surface area contributed by atoms with E-state index >= 15 is 0 Å². The van der Waals surface area contributed by atoms with E-state index in [2.05, 4.69) is 0 Å². The Hall–Kier alpha value is -2.38. The highest BCUT2D eigenvalue weighted by molar-refractivity contribution is 5.84. The summed E-state index contributed by atoms with van der Waals surface area (Å²) in [6.45, 7) is 0. The van der Waals surface area contributed by atoms with E-state index in [0.717, 1.165) is 44.9 Å². The average Bonchev–Trinajstić information content (AvgIpc) is 2.54. The molecule has 0 amide bonds. The summed E-state index contributed by atoms with van der Waals surface area (Å²) in [5.74, 6) is -11.8. The lowest BCUT2D eigenvalue weighted by Gasteiger charge is -2.36. The first-order valence-electron chi connectivity index (χ1n) is 9.83. The summed E-state index contributed by atoms with van der Waals surface area (Å²) in [6, 6.07) is 0. The fourth-order valence-electron chi connectivity index (χ4n) is 4.76. The minimum atomic E-state index is -1.49. The van der Waals surface area contributed by atoms with E-state index in [1.807, 2.05) is 0 Å². The maximum absolute atomic E-state index is 12.1. The predicted molar refractivity (Wildman–Crippen MR) is 97.6 cm³/mol. The van der Waals surface area contributed by atoms with Gasteiger partial charge in [0.1, 0.15) is 0 Å². The molecule has 0 aromatic rings. The molecule has 8 nitrogen and oxygen atoms in total. The van der Waals surface area contributed by atoms with Crippen LogP contribution < -0.4 is 0 Å². The van der Waals surface area contributed by atoms with Crippen molar-refractivity contribution in [3.8, 4) is 0 Å². The smallest absolute Gasteiger partial charge is 0.311 e. The van der Waals surface area contributed by atoms with Crippen LogP contribution in [0.25, 0.3) is 0 Å². The van der Waals surface area contributed by atoms with Crippen LogP contribution in [0.5, 0.6) is 0 Å². The Kier molecular flexibility index (Phi) is 7.60. The van der Waals surface area contributed by atoms with Crippen molar-refractivity contribution in [2.24, 2.45) is 35.5 Å². The standard InChI is InChI=1S/C20H28O8/c21-17(22)13-9-8-12(11-6-4-2-1-3-5-7-11)16(20(27)28)15(19(25)26)10-14(13)18(23)24/h8-9,11-16H,1-7,10H2,(H,21,22)(H,23,24)(H,25,26)(H,27,28)/b9-8-. The van der Waals surface area contributed by atoms with Crippen LogP contribution in [-0.4, -0.2) is 44.3 Å². The third-order valence-corrected chi connectivity index (χ3v) is 6.23. The first kappa shape index (κ1) is 21.9. The summed E-state index contributed by atoms with van der Waals surface area (Å²) in [4.78, 5) is 47.2. The SMILES string of the molecule is O=C(O)C1/C=C\C(C2CCCCCCC2)C(C(=O)O)C(C(=O)O)CC1C(=O)O. The zero-order valence-electron chi connectivity index (χ0n) is 15.7. The van der Waals surface area contributed by atoms with E-state index in [0.29, 0.717) is 0 Å². The third kappa shape index (κ3) is 5.11. The Labute approximate surface area is 163 Å². The van der Waals surface area contributed by atoms with Crippen molar-refractivity contribution in [1.29, 1.82) is 0 Å². The maximum atomic E-state index is 12.1. The van der Waals surface area contributed by atoms with Crippen molar-refractivity contribution in [1.82, 2.24) is 0 Å².